The molecular formula is C38H51N3O2. The van der Waals surface area contributed by atoms with E-state index in [4.69, 9.17) is 0 Å². The molecule has 0 radical (unpaired) electrons. The Bertz CT molecular complexity index is 1420. The standard InChI is InChI=1S/C38H51N3O2/c1-10-15-31-33(12-3)41(20-18-35(42)43)34(38(31,8)9)22-27-21-28(24-36(4,5)23-27)29(26-39)25-37(6,7)30-16-13-14-17-32(30)40-19-11-2/h10,12-17,21-22,40H,3,11,18-20,23-25H2,1-2,4-9H3,(H,42,43)/b15-10-,29-28+,34-22+. The van der Waals surface area contributed by atoms with Crippen LogP contribution in [0.15, 0.2) is 94.9 Å². The summed E-state index contributed by atoms with van der Waals surface area (Å²) in [6.45, 7) is 22.9. The number of nitrogens with one attached hydrogen (secondary N) is 1. The number of nitrogens with zero attached hydrogens (tertiary/aromatic N) is 2. The molecule has 1 aliphatic carbocycles. The van der Waals surface area contributed by atoms with Crippen molar-refractivity contribution < 1.29 is 9.90 Å². The molecule has 0 fully saturated rings. The highest BCUT2D eigenvalue weighted by Crippen LogP contribution is 2.50. The minimum absolute atomic E-state index is 0.0290. The van der Waals surface area contributed by atoms with Gasteiger partial charge in [-0.3, -0.25) is 4.79 Å². The molecule has 0 aromatic heterocycles. The summed E-state index contributed by atoms with van der Waals surface area (Å²) in [5, 5.41) is 23.6. The first-order valence-corrected chi connectivity index (χ1v) is 15.6. The Kier molecular flexibility index (Phi) is 10.7. The number of para-hydroxylation sites is 1. The van der Waals surface area contributed by atoms with Gasteiger partial charge < -0.3 is 15.3 Å². The predicted octanol–water partition coefficient (Wildman–Crippen LogP) is 9.46. The van der Waals surface area contributed by atoms with Gasteiger partial charge in [-0.25, -0.2) is 0 Å². The molecule has 0 unspecified atom stereocenters. The largest absolute Gasteiger partial charge is 0.481 e. The first-order chi connectivity index (χ1) is 20.2. The maximum absolute atomic E-state index is 11.6. The molecule has 0 amide bonds. The van der Waals surface area contributed by atoms with Crippen LogP contribution in [-0.4, -0.2) is 29.1 Å². The summed E-state index contributed by atoms with van der Waals surface area (Å²) >= 11 is 0. The van der Waals surface area contributed by atoms with Gasteiger partial charge in [-0.05, 0) is 83.9 Å². The lowest BCUT2D eigenvalue weighted by atomic mass is 9.71. The van der Waals surface area contributed by atoms with Gasteiger partial charge in [0.25, 0.3) is 0 Å². The first kappa shape index (κ1) is 33.7. The average molecular weight is 582 g/mol. The molecule has 3 rings (SSSR count). The fourth-order valence-electron chi connectivity index (χ4n) is 6.63. The minimum atomic E-state index is -0.823. The zero-order chi connectivity index (χ0) is 32.0. The van der Waals surface area contributed by atoms with Crippen LogP contribution >= 0.6 is 0 Å². The van der Waals surface area contributed by atoms with E-state index in [-0.39, 0.29) is 22.7 Å². The number of rotatable bonds is 12. The van der Waals surface area contributed by atoms with Crippen LogP contribution < -0.4 is 5.32 Å². The number of aliphatic carboxylic acids is 1. The van der Waals surface area contributed by atoms with E-state index in [1.807, 2.05) is 19.1 Å². The van der Waals surface area contributed by atoms with Crippen LogP contribution in [0.2, 0.25) is 0 Å². The monoisotopic (exact) mass is 581 g/mol. The molecule has 0 saturated carbocycles. The predicted molar refractivity (Wildman–Crippen MR) is 179 cm³/mol. The summed E-state index contributed by atoms with van der Waals surface area (Å²) in [5.74, 6) is -0.823. The minimum Gasteiger partial charge on any atom is -0.481 e. The fourth-order valence-corrected chi connectivity index (χ4v) is 6.63. The van der Waals surface area contributed by atoms with E-state index in [1.165, 1.54) is 5.56 Å². The van der Waals surface area contributed by atoms with E-state index in [0.29, 0.717) is 13.0 Å². The van der Waals surface area contributed by atoms with Crippen molar-refractivity contribution in [2.45, 2.75) is 92.9 Å². The molecule has 0 bridgehead atoms. The summed E-state index contributed by atoms with van der Waals surface area (Å²) in [6, 6.07) is 11.0. The fraction of sp³-hybridized carbons (Fsp3) is 0.474. The molecule has 1 aromatic carbocycles. The number of carboxylic acid groups (broad SMARTS) is 1. The maximum atomic E-state index is 11.6. The van der Waals surface area contributed by atoms with Crippen LogP contribution in [0.25, 0.3) is 0 Å². The van der Waals surface area contributed by atoms with E-state index in [2.05, 4.69) is 114 Å². The third-order valence-corrected chi connectivity index (χ3v) is 8.64. The molecule has 1 aliphatic heterocycles. The molecule has 0 saturated heterocycles. The second-order valence-electron chi connectivity index (χ2n) is 13.8. The Hall–Kier alpha value is -3.78. The lowest BCUT2D eigenvalue weighted by Gasteiger charge is -2.34. The van der Waals surface area contributed by atoms with E-state index < -0.39 is 5.97 Å². The van der Waals surface area contributed by atoms with Crippen LogP contribution in [-0.2, 0) is 10.2 Å². The Morgan fingerprint density at radius 2 is 1.91 bits per heavy atom. The third kappa shape index (κ3) is 7.79. The molecule has 43 heavy (non-hydrogen) atoms. The van der Waals surface area contributed by atoms with Crippen molar-refractivity contribution in [3.05, 3.63) is 100 Å². The van der Waals surface area contributed by atoms with Gasteiger partial charge in [-0.2, -0.15) is 5.26 Å². The van der Waals surface area contributed by atoms with Crippen molar-refractivity contribution in [1.29, 1.82) is 5.26 Å². The van der Waals surface area contributed by atoms with Crippen LogP contribution in [0.1, 0.15) is 93.1 Å². The Morgan fingerprint density at radius 1 is 1.21 bits per heavy atom. The lowest BCUT2D eigenvalue weighted by molar-refractivity contribution is -0.137. The molecule has 5 nitrogen and oxygen atoms in total. The number of benzene rings is 1. The molecule has 2 aliphatic rings. The number of carbonyl (C=O) groups is 1. The van der Waals surface area contributed by atoms with Gasteiger partial charge in [0.2, 0.25) is 0 Å². The molecule has 230 valence electrons. The van der Waals surface area contributed by atoms with Crippen LogP contribution in [0.3, 0.4) is 0 Å². The quantitative estimate of drug-likeness (QED) is 0.240. The van der Waals surface area contributed by atoms with Crippen molar-refractivity contribution in [1.82, 2.24) is 4.90 Å². The average Bonchev–Trinajstić information content (AvgIpc) is 3.13. The topological polar surface area (TPSA) is 76.4 Å². The number of anilines is 1. The van der Waals surface area contributed by atoms with Gasteiger partial charge in [0.1, 0.15) is 0 Å². The highest BCUT2D eigenvalue weighted by Gasteiger charge is 2.41. The molecule has 5 heteroatoms. The smallest absolute Gasteiger partial charge is 0.305 e. The van der Waals surface area contributed by atoms with Crippen molar-refractivity contribution >= 4 is 11.7 Å². The molecule has 2 N–H and O–H groups in total. The maximum Gasteiger partial charge on any atom is 0.305 e. The molecule has 1 heterocycles. The molecular weight excluding hydrogens is 530 g/mol. The Labute approximate surface area is 260 Å². The van der Waals surface area contributed by atoms with Gasteiger partial charge in [-0.1, -0.05) is 91.5 Å². The van der Waals surface area contributed by atoms with Crippen LogP contribution in [0.4, 0.5) is 5.69 Å². The van der Waals surface area contributed by atoms with Crippen molar-refractivity contribution in [2.75, 3.05) is 18.4 Å². The van der Waals surface area contributed by atoms with Gasteiger partial charge in [0.15, 0.2) is 0 Å². The van der Waals surface area contributed by atoms with Crippen molar-refractivity contribution in [2.24, 2.45) is 10.8 Å². The Balaban J connectivity index is 2.12. The van der Waals surface area contributed by atoms with Gasteiger partial charge >= 0.3 is 5.97 Å². The van der Waals surface area contributed by atoms with E-state index in [1.54, 1.807) is 0 Å². The summed E-state index contributed by atoms with van der Waals surface area (Å²) < 4.78 is 0. The van der Waals surface area contributed by atoms with Gasteiger partial charge in [-0.15, -0.1) is 0 Å². The number of hydrogen-bond donors (Lipinski definition) is 2. The van der Waals surface area contributed by atoms with Gasteiger partial charge in [0, 0.05) is 41.2 Å². The molecule has 1 aromatic rings. The van der Waals surface area contributed by atoms with E-state index >= 15 is 0 Å². The summed E-state index contributed by atoms with van der Waals surface area (Å²) in [4.78, 5) is 13.7. The summed E-state index contributed by atoms with van der Waals surface area (Å²) in [7, 11) is 0. The van der Waals surface area contributed by atoms with Crippen LogP contribution in [0, 0.1) is 22.2 Å². The number of nitriles is 1. The SMILES string of the molecule is C=CC1=C(/C=C\C)C(C)(C)/C(=C\C2=CC(=C(\C#N)CC(C)(C)c3ccccc3NCCC)/CC(C)(C)C2)N1CCC(=O)O. The normalized spacial score (nSPS) is 20.3. The highest BCUT2D eigenvalue weighted by atomic mass is 16.4. The lowest BCUT2D eigenvalue weighted by Crippen LogP contribution is -2.27. The third-order valence-electron chi connectivity index (χ3n) is 8.64. The second kappa shape index (κ2) is 13.7. The molecule has 0 atom stereocenters. The second-order valence-corrected chi connectivity index (χ2v) is 13.8. The summed E-state index contributed by atoms with van der Waals surface area (Å²) in [5.41, 5.74) is 7.98. The van der Waals surface area contributed by atoms with E-state index in [9.17, 15) is 15.2 Å². The highest BCUT2D eigenvalue weighted by molar-refractivity contribution is 5.67. The summed E-state index contributed by atoms with van der Waals surface area (Å²) in [6.07, 6.45) is 13.9. The first-order valence-electron chi connectivity index (χ1n) is 15.6. The van der Waals surface area contributed by atoms with Crippen molar-refractivity contribution in [3.63, 3.8) is 0 Å². The van der Waals surface area contributed by atoms with E-state index in [0.717, 1.165) is 65.2 Å². The number of carboxylic acids is 1. The molecule has 0 spiro atoms. The zero-order valence-electron chi connectivity index (χ0n) is 27.6. The zero-order valence-corrected chi connectivity index (χ0v) is 27.6. The number of allylic oxidation sites excluding steroid dienone is 9. The van der Waals surface area contributed by atoms with Gasteiger partial charge in [0.05, 0.1) is 12.5 Å². The van der Waals surface area contributed by atoms with Crippen LogP contribution in [0.5, 0.6) is 0 Å². The number of hydrogen-bond acceptors (Lipinski definition) is 4. The van der Waals surface area contributed by atoms with Crippen molar-refractivity contribution in [3.8, 4) is 6.07 Å². The Morgan fingerprint density at radius 3 is 2.51 bits per heavy atom.